The van der Waals surface area contributed by atoms with E-state index in [0.29, 0.717) is 35.3 Å². The number of nitrogens with zero attached hydrogens (tertiary/aromatic N) is 4. The van der Waals surface area contributed by atoms with E-state index in [0.717, 1.165) is 21.8 Å². The molecular weight excluding hydrogens is 601 g/mol. The Balaban J connectivity index is 1.58. The number of aromatic nitrogens is 2. The minimum Gasteiger partial charge on any atom is -0.389 e. The smallest absolute Gasteiger partial charge is 0.254 e. The number of thiazole rings is 1. The molecule has 0 bridgehead atoms. The van der Waals surface area contributed by atoms with Crippen molar-refractivity contribution >= 4 is 28.8 Å². The van der Waals surface area contributed by atoms with Crippen molar-refractivity contribution in [2.45, 2.75) is 71.3 Å². The minimum atomic E-state index is -1.56. The number of halogens is 1. The summed E-state index contributed by atoms with van der Waals surface area (Å²) < 4.78 is 14.6. The summed E-state index contributed by atoms with van der Waals surface area (Å²) in [5.74, 6) is -0.524. The molecule has 0 aliphatic heterocycles. The molecule has 10 heteroatoms. The van der Waals surface area contributed by atoms with E-state index in [-0.39, 0.29) is 24.3 Å². The molecular formula is C36H44FN5O3S. The highest BCUT2D eigenvalue weighted by Crippen LogP contribution is 2.27. The van der Waals surface area contributed by atoms with E-state index >= 15 is 0 Å². The summed E-state index contributed by atoms with van der Waals surface area (Å²) in [6.07, 6.45) is 2.51. The Hall–Kier alpha value is -4.15. The quantitative estimate of drug-likeness (QED) is 0.178. The number of benzene rings is 2. The lowest BCUT2D eigenvalue weighted by molar-refractivity contribution is 0.0784. The van der Waals surface area contributed by atoms with Crippen LogP contribution < -0.4 is 10.2 Å². The summed E-state index contributed by atoms with van der Waals surface area (Å²) in [7, 11) is 3.52. The van der Waals surface area contributed by atoms with Gasteiger partial charge in [-0.05, 0) is 68.5 Å². The molecule has 2 amide bonds. The molecule has 2 aromatic carbocycles. The third kappa shape index (κ3) is 9.20. The second kappa shape index (κ2) is 15.0. The van der Waals surface area contributed by atoms with Gasteiger partial charge in [0.1, 0.15) is 10.7 Å². The molecule has 0 aliphatic carbocycles. The lowest BCUT2D eigenvalue weighted by Gasteiger charge is -2.30. The van der Waals surface area contributed by atoms with Crippen LogP contribution in [0.4, 0.5) is 10.1 Å². The van der Waals surface area contributed by atoms with Gasteiger partial charge in [-0.1, -0.05) is 44.2 Å². The maximum Gasteiger partial charge on any atom is 0.254 e. The molecule has 0 radical (unpaired) electrons. The lowest BCUT2D eigenvalue weighted by Crippen LogP contribution is -2.49. The van der Waals surface area contributed by atoms with Crippen LogP contribution in [-0.2, 0) is 18.6 Å². The van der Waals surface area contributed by atoms with Gasteiger partial charge in [0.2, 0.25) is 0 Å². The Morgan fingerprint density at radius 3 is 2.37 bits per heavy atom. The molecule has 4 aromatic rings. The Kier molecular flexibility index (Phi) is 11.3. The Morgan fingerprint density at radius 2 is 1.74 bits per heavy atom. The SMILES string of the molecule is Cc1csc(CN(C)C(=O)c2cc(C(=O)N[C@@H](Cc3ccccc3)[C@H](O)CN(C)c3cncc(C(C)(C)F)c3)cc(C(C)C)c2)n1. The molecule has 0 unspecified atom stereocenters. The molecule has 0 saturated heterocycles. The maximum absolute atomic E-state index is 14.6. The van der Waals surface area contributed by atoms with E-state index in [1.54, 1.807) is 48.3 Å². The van der Waals surface area contributed by atoms with Crippen LogP contribution in [0.2, 0.25) is 0 Å². The topological polar surface area (TPSA) is 98.7 Å². The number of likely N-dealkylation sites (N-methyl/N-ethyl adjacent to an activating group) is 1. The molecule has 8 nitrogen and oxygen atoms in total. The third-order valence-electron chi connectivity index (χ3n) is 7.91. The predicted octanol–water partition coefficient (Wildman–Crippen LogP) is 6.29. The number of rotatable bonds is 13. The first-order valence-electron chi connectivity index (χ1n) is 15.4. The van der Waals surface area contributed by atoms with Crippen molar-refractivity contribution in [3.05, 3.63) is 111 Å². The summed E-state index contributed by atoms with van der Waals surface area (Å²) in [6.45, 7) is 9.42. The van der Waals surface area contributed by atoms with Crippen molar-refractivity contribution in [1.82, 2.24) is 20.2 Å². The van der Waals surface area contributed by atoms with Gasteiger partial charge in [0.15, 0.2) is 0 Å². The lowest BCUT2D eigenvalue weighted by atomic mass is 9.96. The van der Waals surface area contributed by atoms with E-state index in [1.165, 1.54) is 31.4 Å². The Bertz CT molecular complexity index is 1640. The van der Waals surface area contributed by atoms with Crippen molar-refractivity contribution < 1.29 is 19.1 Å². The first-order chi connectivity index (χ1) is 21.7. The van der Waals surface area contributed by atoms with Gasteiger partial charge in [-0.25, -0.2) is 9.37 Å². The van der Waals surface area contributed by atoms with Crippen LogP contribution in [0.15, 0.2) is 72.4 Å². The molecule has 244 valence electrons. The molecule has 0 saturated carbocycles. The molecule has 46 heavy (non-hydrogen) atoms. The van der Waals surface area contributed by atoms with E-state index in [2.05, 4.69) is 15.3 Å². The molecule has 2 atom stereocenters. The summed E-state index contributed by atoms with van der Waals surface area (Å²) in [4.78, 5) is 39.4. The van der Waals surface area contributed by atoms with Gasteiger partial charge in [-0.2, -0.15) is 0 Å². The highest BCUT2D eigenvalue weighted by atomic mass is 32.1. The van der Waals surface area contributed by atoms with Crippen LogP contribution in [-0.4, -0.2) is 64.6 Å². The highest BCUT2D eigenvalue weighted by molar-refractivity contribution is 7.09. The van der Waals surface area contributed by atoms with Crippen molar-refractivity contribution in [1.29, 1.82) is 0 Å². The molecule has 0 fully saturated rings. The number of nitrogens with one attached hydrogen (secondary N) is 1. The summed E-state index contributed by atoms with van der Waals surface area (Å²) >= 11 is 1.50. The number of amides is 2. The van der Waals surface area contributed by atoms with Gasteiger partial charge >= 0.3 is 0 Å². The molecule has 0 spiro atoms. The van der Waals surface area contributed by atoms with Crippen LogP contribution in [0.5, 0.6) is 0 Å². The number of aliphatic hydroxyl groups excluding tert-OH is 1. The first-order valence-corrected chi connectivity index (χ1v) is 16.3. The standard InChI is InChI=1S/C36H44FN5O3S/c1-23(2)26-14-27(16-28(15-26)35(45)42(7)21-33-39-24(3)22-46-33)34(44)40-31(13-25-11-9-8-10-12-25)32(43)20-41(6)30-17-29(18-38-19-30)36(4,5)37/h8-12,14-19,22-23,31-32,43H,13,20-21H2,1-7H3,(H,40,44)/t31-,32+/m0/s1. The third-order valence-corrected chi connectivity index (χ3v) is 8.86. The second-order valence-corrected chi connectivity index (χ2v) is 13.6. The monoisotopic (exact) mass is 645 g/mol. The molecule has 2 heterocycles. The Morgan fingerprint density at radius 1 is 1.04 bits per heavy atom. The van der Waals surface area contributed by atoms with Crippen molar-refractivity contribution in [3.63, 3.8) is 0 Å². The van der Waals surface area contributed by atoms with Crippen LogP contribution in [0.1, 0.15) is 81.7 Å². The van der Waals surface area contributed by atoms with E-state index < -0.39 is 17.8 Å². The average molecular weight is 646 g/mol. The van der Waals surface area contributed by atoms with Crippen molar-refractivity contribution in [2.24, 2.45) is 0 Å². The van der Waals surface area contributed by atoms with Gasteiger partial charge in [-0.15, -0.1) is 11.3 Å². The van der Waals surface area contributed by atoms with Gasteiger partial charge in [0.05, 0.1) is 30.6 Å². The van der Waals surface area contributed by atoms with Gasteiger partial charge < -0.3 is 20.2 Å². The zero-order chi connectivity index (χ0) is 33.6. The maximum atomic E-state index is 14.6. The summed E-state index contributed by atoms with van der Waals surface area (Å²) in [6, 6.07) is 15.9. The number of anilines is 1. The predicted molar refractivity (Wildman–Crippen MR) is 182 cm³/mol. The fourth-order valence-electron chi connectivity index (χ4n) is 5.09. The highest BCUT2D eigenvalue weighted by Gasteiger charge is 2.26. The van der Waals surface area contributed by atoms with Gasteiger partial charge in [0, 0.05) is 54.6 Å². The zero-order valence-corrected chi connectivity index (χ0v) is 28.4. The van der Waals surface area contributed by atoms with Crippen LogP contribution in [0.3, 0.4) is 0 Å². The number of hydrogen-bond donors (Lipinski definition) is 2. The van der Waals surface area contributed by atoms with Crippen molar-refractivity contribution in [3.8, 4) is 0 Å². The summed E-state index contributed by atoms with van der Waals surface area (Å²) in [5, 5.41) is 17.4. The summed E-state index contributed by atoms with van der Waals surface area (Å²) in [5.41, 5.74) is 2.99. The van der Waals surface area contributed by atoms with Gasteiger partial charge in [0.25, 0.3) is 11.8 Å². The van der Waals surface area contributed by atoms with Crippen LogP contribution in [0.25, 0.3) is 0 Å². The number of aliphatic hydroxyl groups is 1. The molecule has 2 aromatic heterocycles. The zero-order valence-electron chi connectivity index (χ0n) is 27.6. The van der Waals surface area contributed by atoms with Crippen LogP contribution in [0, 0.1) is 6.92 Å². The van der Waals surface area contributed by atoms with E-state index in [4.69, 9.17) is 0 Å². The number of pyridine rings is 1. The Labute approximate surface area is 275 Å². The normalized spacial score (nSPS) is 12.9. The fraction of sp³-hybridized carbons (Fsp3) is 0.389. The number of hydrogen-bond acceptors (Lipinski definition) is 7. The van der Waals surface area contributed by atoms with Crippen LogP contribution >= 0.6 is 11.3 Å². The van der Waals surface area contributed by atoms with E-state index in [1.807, 2.05) is 62.5 Å². The average Bonchev–Trinajstić information content (AvgIpc) is 3.44. The fourth-order valence-corrected chi connectivity index (χ4v) is 5.91. The first kappa shape index (κ1) is 34.7. The van der Waals surface area contributed by atoms with Gasteiger partial charge in [-0.3, -0.25) is 14.6 Å². The number of alkyl halides is 1. The molecule has 2 N–H and O–H groups in total. The van der Waals surface area contributed by atoms with Crippen molar-refractivity contribution in [2.75, 3.05) is 25.5 Å². The molecule has 4 rings (SSSR count). The molecule has 0 aliphatic rings. The number of carbonyl (C=O) groups excluding carboxylic acids is 2. The number of carbonyl (C=O) groups is 2. The second-order valence-electron chi connectivity index (χ2n) is 12.7. The van der Waals surface area contributed by atoms with E-state index in [9.17, 15) is 19.1 Å². The number of aryl methyl sites for hydroxylation is 1. The minimum absolute atomic E-state index is 0.0734. The largest absolute Gasteiger partial charge is 0.389 e.